The lowest BCUT2D eigenvalue weighted by atomic mass is 9.31. The Morgan fingerprint density at radius 3 is 1.95 bits per heavy atom. The van der Waals surface area contributed by atoms with Crippen molar-refractivity contribution in [1.29, 1.82) is 0 Å². The van der Waals surface area contributed by atoms with Gasteiger partial charge in [0.05, 0.1) is 23.3 Å². The minimum absolute atomic E-state index is 0.0156. The Labute approximate surface area is 455 Å². The van der Waals surface area contributed by atoms with Crippen molar-refractivity contribution in [2.75, 3.05) is 9.80 Å². The van der Waals surface area contributed by atoms with Crippen LogP contribution >= 0.6 is 11.3 Å². The van der Waals surface area contributed by atoms with Gasteiger partial charge in [0.15, 0.2) is 5.58 Å². The van der Waals surface area contributed by atoms with Crippen LogP contribution in [0.2, 0.25) is 0 Å². The maximum atomic E-state index is 7.31. The van der Waals surface area contributed by atoms with Gasteiger partial charge in [0.1, 0.15) is 10.4 Å². The SMILES string of the molecule is CC(C)(C)C1=CCC(N(C2=CC3=C4B(c5ccc(C(C)(C)C)cc5N(c5cccc6c5oc5cc(C(C)(C)C)ccc56)C4C2)c2cc(C(C)(C)C)cc4c5c6ccccc6sc5n3c24)c2ccc(C(C)(C)C)cc2)C=C1. The number of para-hydroxylation sites is 1. The number of furan rings is 1. The number of nitrogens with zero attached hydrogens (tertiary/aromatic N) is 3. The van der Waals surface area contributed by atoms with E-state index in [1.54, 1.807) is 0 Å². The van der Waals surface area contributed by atoms with E-state index >= 15 is 0 Å². The number of hydrogen-bond acceptors (Lipinski definition) is 4. The summed E-state index contributed by atoms with van der Waals surface area (Å²) in [5.41, 5.74) is 20.4. The molecule has 0 radical (unpaired) electrons. The monoisotopic (exact) mass is 1020 g/mol. The molecule has 4 aliphatic rings. The van der Waals surface area contributed by atoms with Crippen molar-refractivity contribution < 1.29 is 4.42 Å². The van der Waals surface area contributed by atoms with Gasteiger partial charge >= 0.3 is 0 Å². The second kappa shape index (κ2) is 16.5. The maximum Gasteiger partial charge on any atom is 0.247 e. The molecule has 13 rings (SSSR count). The third-order valence-electron chi connectivity index (χ3n) is 17.5. The van der Waals surface area contributed by atoms with Gasteiger partial charge < -0.3 is 18.8 Å². The lowest BCUT2D eigenvalue weighted by molar-refractivity contribution is 0.509. The first-order chi connectivity index (χ1) is 35.8. The van der Waals surface area contributed by atoms with Gasteiger partial charge in [-0.2, -0.15) is 0 Å². The third kappa shape index (κ3) is 7.58. The van der Waals surface area contributed by atoms with Crippen LogP contribution in [0.5, 0.6) is 0 Å². The molecule has 0 saturated carbocycles. The van der Waals surface area contributed by atoms with Crippen LogP contribution in [-0.2, 0) is 21.7 Å². The number of fused-ring (bicyclic) bond motifs is 12. The Morgan fingerprint density at radius 1 is 0.592 bits per heavy atom. The standard InChI is InChI=1S/C70H74BN3OS/c1-66(2,3)41-23-29-46(30-24-41)72(47-31-25-42(26-32-47)67(4,5)6)48-39-57-62-58(40-48)74-63-52(61-51-19-16-17-22-60(51)76-65(61)74)35-45(70(13,14)15)36-54(63)71(62)53-34-28-43(68(7,8)9)37-56(53)73(57)55-21-18-20-50-49-33-27-44(69(10,11)12)38-59(49)75-64(50)55/h16-31,33-38,40,47,57H,32,39H2,1-15H3. The molecule has 0 fully saturated rings. The smallest absolute Gasteiger partial charge is 0.247 e. The molecule has 0 saturated heterocycles. The molecule has 384 valence electrons. The zero-order chi connectivity index (χ0) is 53.3. The van der Waals surface area contributed by atoms with E-state index in [1.807, 2.05) is 11.3 Å². The number of anilines is 3. The lowest BCUT2D eigenvalue weighted by Crippen LogP contribution is -2.60. The Morgan fingerprint density at radius 2 is 1.26 bits per heavy atom. The van der Waals surface area contributed by atoms with Crippen LogP contribution in [0.4, 0.5) is 17.1 Å². The summed E-state index contributed by atoms with van der Waals surface area (Å²) in [5, 5.41) is 6.39. The number of thiophene rings is 1. The van der Waals surface area contributed by atoms with E-state index in [4.69, 9.17) is 4.42 Å². The van der Waals surface area contributed by atoms with Crippen molar-refractivity contribution in [3.8, 4) is 0 Å². The summed E-state index contributed by atoms with van der Waals surface area (Å²) in [6, 6.07) is 45.1. The molecular weight excluding hydrogens is 942 g/mol. The molecule has 0 spiro atoms. The molecule has 6 heteroatoms. The molecule has 6 aromatic carbocycles. The minimum atomic E-state index is -0.0802. The topological polar surface area (TPSA) is 24.6 Å². The quantitative estimate of drug-likeness (QED) is 0.164. The Bertz CT molecular complexity index is 4040. The van der Waals surface area contributed by atoms with Crippen molar-refractivity contribution in [1.82, 2.24) is 4.57 Å². The normalized spacial score (nSPS) is 18.1. The molecule has 2 atom stereocenters. The summed E-state index contributed by atoms with van der Waals surface area (Å²) in [7, 11) is 0. The molecule has 2 aliphatic carbocycles. The molecule has 5 heterocycles. The molecule has 2 aliphatic heterocycles. The van der Waals surface area contributed by atoms with Gasteiger partial charge in [-0.3, -0.25) is 0 Å². The number of hydrogen-bond donors (Lipinski definition) is 0. The van der Waals surface area contributed by atoms with Crippen molar-refractivity contribution in [2.45, 2.75) is 150 Å². The summed E-state index contributed by atoms with van der Waals surface area (Å²) in [5.74, 6) is 0. The van der Waals surface area contributed by atoms with Crippen LogP contribution in [-0.4, -0.2) is 23.4 Å². The third-order valence-corrected chi connectivity index (χ3v) is 18.6. The predicted molar refractivity (Wildman–Crippen MR) is 331 cm³/mol. The van der Waals surface area contributed by atoms with E-state index in [-0.39, 0.29) is 45.9 Å². The van der Waals surface area contributed by atoms with E-state index in [2.05, 4.69) is 258 Å². The lowest BCUT2D eigenvalue weighted by Gasteiger charge is -2.50. The van der Waals surface area contributed by atoms with E-state index < -0.39 is 0 Å². The molecular formula is C70H74BN3OS. The van der Waals surface area contributed by atoms with Gasteiger partial charge in [-0.1, -0.05) is 195 Å². The largest absolute Gasteiger partial charge is 0.454 e. The fraction of sp³-hybridized carbons (Fsp3) is 0.343. The molecule has 76 heavy (non-hydrogen) atoms. The highest BCUT2D eigenvalue weighted by molar-refractivity contribution is 7.26. The fourth-order valence-corrected chi connectivity index (χ4v) is 14.4. The zero-order valence-corrected chi connectivity index (χ0v) is 48.4. The first-order valence-electron chi connectivity index (χ1n) is 28.0. The van der Waals surface area contributed by atoms with Gasteiger partial charge in [-0.25, -0.2) is 0 Å². The van der Waals surface area contributed by atoms with Gasteiger partial charge in [0, 0.05) is 60.8 Å². The highest BCUT2D eigenvalue weighted by atomic mass is 32.1. The van der Waals surface area contributed by atoms with Crippen LogP contribution in [0.25, 0.3) is 58.8 Å². The minimum Gasteiger partial charge on any atom is -0.454 e. The average Bonchev–Trinajstić information content (AvgIpc) is 4.03. The van der Waals surface area contributed by atoms with Gasteiger partial charge in [-0.15, -0.1) is 11.3 Å². The summed E-state index contributed by atoms with van der Waals surface area (Å²) < 4.78 is 11.4. The number of benzene rings is 6. The number of aromatic nitrogens is 1. The molecule has 4 nitrogen and oxygen atoms in total. The van der Waals surface area contributed by atoms with E-state index in [1.165, 1.54) is 98.2 Å². The molecule has 3 aromatic heterocycles. The molecule has 9 aromatic rings. The van der Waals surface area contributed by atoms with Crippen molar-refractivity contribution in [3.63, 3.8) is 0 Å². The maximum absolute atomic E-state index is 7.31. The van der Waals surface area contributed by atoms with Crippen molar-refractivity contribution in [3.05, 3.63) is 179 Å². The van der Waals surface area contributed by atoms with Crippen molar-refractivity contribution >= 4 is 105 Å². The van der Waals surface area contributed by atoms with Crippen molar-refractivity contribution in [2.24, 2.45) is 5.41 Å². The molecule has 2 unspecified atom stereocenters. The van der Waals surface area contributed by atoms with Gasteiger partial charge in [0.25, 0.3) is 0 Å². The summed E-state index contributed by atoms with van der Waals surface area (Å²) in [6.45, 7) is 35.1. The van der Waals surface area contributed by atoms with Crippen LogP contribution in [0, 0.1) is 5.41 Å². The van der Waals surface area contributed by atoms with Gasteiger partial charge in [-0.05, 0) is 126 Å². The second-order valence-corrected chi connectivity index (χ2v) is 28.8. The highest BCUT2D eigenvalue weighted by Crippen LogP contribution is 2.53. The van der Waals surface area contributed by atoms with E-state index in [0.29, 0.717) is 0 Å². The fourth-order valence-electron chi connectivity index (χ4n) is 13.2. The van der Waals surface area contributed by atoms with E-state index in [9.17, 15) is 0 Å². The van der Waals surface area contributed by atoms with Crippen LogP contribution in [0.3, 0.4) is 0 Å². The second-order valence-electron chi connectivity index (χ2n) is 27.8. The molecule has 0 amide bonds. The average molecular weight is 1020 g/mol. The Kier molecular flexibility index (Phi) is 10.7. The first kappa shape index (κ1) is 49.1. The number of allylic oxidation sites excluding steroid dienone is 4. The summed E-state index contributed by atoms with van der Waals surface area (Å²) in [6.07, 6.45) is 11.8. The Hall–Kier alpha value is -6.50. The van der Waals surface area contributed by atoms with Crippen LogP contribution in [0.15, 0.2) is 161 Å². The molecule has 0 bridgehead atoms. The molecule has 0 N–H and O–H groups in total. The predicted octanol–water partition coefficient (Wildman–Crippen LogP) is 18.1. The number of rotatable bonds is 4. The summed E-state index contributed by atoms with van der Waals surface area (Å²) in [4.78, 5) is 6.79. The first-order valence-corrected chi connectivity index (χ1v) is 28.8. The van der Waals surface area contributed by atoms with E-state index in [0.717, 1.165) is 40.5 Å². The van der Waals surface area contributed by atoms with Crippen LogP contribution in [0.1, 0.15) is 139 Å². The Balaban J connectivity index is 1.15. The van der Waals surface area contributed by atoms with Gasteiger partial charge in [0.2, 0.25) is 6.71 Å². The zero-order valence-electron chi connectivity index (χ0n) is 47.6. The summed E-state index contributed by atoms with van der Waals surface area (Å²) >= 11 is 1.95. The van der Waals surface area contributed by atoms with Crippen LogP contribution < -0.4 is 20.7 Å². The highest BCUT2D eigenvalue weighted by Gasteiger charge is 2.50.